The first-order chi connectivity index (χ1) is 7.59. The molecule has 4 nitrogen and oxygen atoms in total. The minimum atomic E-state index is -0.931. The van der Waals surface area contributed by atoms with Crippen LogP contribution >= 0.6 is 22.7 Å². The maximum atomic E-state index is 10.7. The van der Waals surface area contributed by atoms with E-state index >= 15 is 0 Å². The fraction of sp³-hybridized carbons (Fsp3) is 0.200. The second-order valence-corrected chi connectivity index (χ2v) is 5.18. The Balaban J connectivity index is 2.31. The van der Waals surface area contributed by atoms with E-state index in [0.29, 0.717) is 5.13 Å². The molecule has 0 saturated carbocycles. The molecule has 84 valence electrons. The Labute approximate surface area is 101 Å². The topological polar surface area (TPSA) is 53.4 Å². The van der Waals surface area contributed by atoms with Crippen molar-refractivity contribution in [3.63, 3.8) is 0 Å². The molecule has 0 radical (unpaired) electrons. The molecule has 0 amide bonds. The number of rotatable bonds is 3. The lowest BCUT2D eigenvalue weighted by molar-refractivity contribution is 0.0702. The molecular weight excluding hydrogens is 244 g/mol. The number of nitrogens with zero attached hydrogens (tertiary/aromatic N) is 2. The number of aromatic carboxylic acids is 1. The molecule has 0 unspecified atom stereocenters. The number of carbonyl (C=O) groups is 1. The fourth-order valence-electron chi connectivity index (χ4n) is 1.31. The monoisotopic (exact) mass is 254 g/mol. The Kier molecular flexibility index (Phi) is 2.93. The predicted octanol–water partition coefficient (Wildman–Crippen LogP) is 2.98. The van der Waals surface area contributed by atoms with E-state index in [4.69, 9.17) is 5.11 Å². The minimum absolute atomic E-state index is 0.260. The molecule has 6 heteroatoms. The zero-order valence-corrected chi connectivity index (χ0v) is 10.4. The molecule has 0 atom stereocenters. The first-order valence-electron chi connectivity index (χ1n) is 4.56. The van der Waals surface area contributed by atoms with Crippen molar-refractivity contribution in [2.75, 3.05) is 11.9 Å². The highest BCUT2D eigenvalue weighted by Crippen LogP contribution is 2.33. The SMILES string of the molecule is Cc1ccsc1N(C)c1ncc(C(=O)O)s1. The molecule has 2 aromatic heterocycles. The highest BCUT2D eigenvalue weighted by molar-refractivity contribution is 7.18. The molecule has 0 saturated heterocycles. The molecule has 2 rings (SSSR count). The zero-order valence-electron chi connectivity index (χ0n) is 8.80. The van der Waals surface area contributed by atoms with Crippen LogP contribution in [-0.4, -0.2) is 23.1 Å². The van der Waals surface area contributed by atoms with Crippen LogP contribution in [0.15, 0.2) is 17.6 Å². The number of thiazole rings is 1. The molecule has 0 spiro atoms. The van der Waals surface area contributed by atoms with E-state index in [0.717, 1.165) is 5.00 Å². The second-order valence-electron chi connectivity index (χ2n) is 3.28. The number of aryl methyl sites for hydroxylation is 1. The molecule has 1 N–H and O–H groups in total. The summed E-state index contributed by atoms with van der Waals surface area (Å²) < 4.78 is 0. The maximum Gasteiger partial charge on any atom is 0.347 e. The Bertz CT molecular complexity index is 518. The average molecular weight is 254 g/mol. The minimum Gasteiger partial charge on any atom is -0.477 e. The second kappa shape index (κ2) is 4.23. The van der Waals surface area contributed by atoms with Crippen LogP contribution < -0.4 is 4.90 Å². The number of anilines is 2. The molecule has 0 aromatic carbocycles. The Morgan fingerprint density at radius 3 is 2.81 bits per heavy atom. The normalized spacial score (nSPS) is 10.4. The molecule has 16 heavy (non-hydrogen) atoms. The molecule has 2 aromatic rings. The van der Waals surface area contributed by atoms with Gasteiger partial charge in [-0.3, -0.25) is 0 Å². The van der Waals surface area contributed by atoms with Gasteiger partial charge in [0, 0.05) is 7.05 Å². The summed E-state index contributed by atoms with van der Waals surface area (Å²) in [5.41, 5.74) is 1.17. The summed E-state index contributed by atoms with van der Waals surface area (Å²) in [6, 6.07) is 2.03. The van der Waals surface area contributed by atoms with Crippen molar-refractivity contribution in [1.82, 2.24) is 4.98 Å². The van der Waals surface area contributed by atoms with E-state index in [2.05, 4.69) is 4.98 Å². The number of aromatic nitrogens is 1. The van der Waals surface area contributed by atoms with Gasteiger partial charge in [-0.25, -0.2) is 9.78 Å². The zero-order chi connectivity index (χ0) is 11.7. The summed E-state index contributed by atoms with van der Waals surface area (Å²) in [6.07, 6.45) is 1.39. The fourth-order valence-corrected chi connectivity index (χ4v) is 2.99. The Morgan fingerprint density at radius 2 is 2.31 bits per heavy atom. The van der Waals surface area contributed by atoms with Gasteiger partial charge in [0.15, 0.2) is 5.13 Å². The van der Waals surface area contributed by atoms with Gasteiger partial charge in [0.05, 0.1) is 11.2 Å². The van der Waals surface area contributed by atoms with E-state index in [1.165, 1.54) is 23.1 Å². The Hall–Kier alpha value is -1.40. The highest BCUT2D eigenvalue weighted by atomic mass is 32.1. The van der Waals surface area contributed by atoms with Crippen molar-refractivity contribution in [1.29, 1.82) is 0 Å². The third-order valence-corrected chi connectivity index (χ3v) is 4.28. The first kappa shape index (κ1) is 11.1. The quantitative estimate of drug-likeness (QED) is 0.915. The average Bonchev–Trinajstić information content (AvgIpc) is 2.84. The van der Waals surface area contributed by atoms with Crippen molar-refractivity contribution < 1.29 is 9.90 Å². The van der Waals surface area contributed by atoms with Gasteiger partial charge in [0.1, 0.15) is 4.88 Å². The largest absolute Gasteiger partial charge is 0.477 e. The summed E-state index contributed by atoms with van der Waals surface area (Å²) in [4.78, 5) is 17.0. The molecule has 0 bridgehead atoms. The smallest absolute Gasteiger partial charge is 0.347 e. The summed E-state index contributed by atoms with van der Waals surface area (Å²) in [5.74, 6) is -0.931. The van der Waals surface area contributed by atoms with Gasteiger partial charge < -0.3 is 10.0 Å². The van der Waals surface area contributed by atoms with Crippen molar-refractivity contribution in [3.05, 3.63) is 28.1 Å². The van der Waals surface area contributed by atoms with Crippen LogP contribution in [-0.2, 0) is 0 Å². The van der Waals surface area contributed by atoms with E-state index < -0.39 is 5.97 Å². The van der Waals surface area contributed by atoms with Crippen molar-refractivity contribution in [2.24, 2.45) is 0 Å². The van der Waals surface area contributed by atoms with Gasteiger partial charge in [-0.05, 0) is 23.9 Å². The molecule has 0 aliphatic rings. The summed E-state index contributed by atoms with van der Waals surface area (Å²) >= 11 is 2.79. The van der Waals surface area contributed by atoms with E-state index in [1.54, 1.807) is 11.3 Å². The highest BCUT2D eigenvalue weighted by Gasteiger charge is 2.14. The lowest BCUT2D eigenvalue weighted by Gasteiger charge is -2.14. The third-order valence-electron chi connectivity index (χ3n) is 2.13. The van der Waals surface area contributed by atoms with Crippen LogP contribution in [0.3, 0.4) is 0 Å². The molecule has 2 heterocycles. The van der Waals surface area contributed by atoms with Crippen LogP contribution in [0.4, 0.5) is 10.1 Å². The van der Waals surface area contributed by atoms with E-state index in [-0.39, 0.29) is 4.88 Å². The molecular formula is C10H10N2O2S2. The summed E-state index contributed by atoms with van der Waals surface area (Å²) in [6.45, 7) is 2.02. The van der Waals surface area contributed by atoms with Gasteiger partial charge in [-0.2, -0.15) is 0 Å². The van der Waals surface area contributed by atoms with Crippen LogP contribution in [0.25, 0.3) is 0 Å². The van der Waals surface area contributed by atoms with Gasteiger partial charge >= 0.3 is 5.97 Å². The van der Waals surface area contributed by atoms with Crippen molar-refractivity contribution in [2.45, 2.75) is 6.92 Å². The number of carboxylic acid groups (broad SMARTS) is 1. The Morgan fingerprint density at radius 1 is 1.56 bits per heavy atom. The number of carboxylic acids is 1. The van der Waals surface area contributed by atoms with Crippen LogP contribution in [0.1, 0.15) is 15.2 Å². The predicted molar refractivity (Wildman–Crippen MR) is 66.2 cm³/mol. The lowest BCUT2D eigenvalue weighted by Crippen LogP contribution is -2.07. The molecule has 0 aliphatic heterocycles. The van der Waals surface area contributed by atoms with Crippen molar-refractivity contribution >= 4 is 38.8 Å². The van der Waals surface area contributed by atoms with Gasteiger partial charge in [0.25, 0.3) is 0 Å². The van der Waals surface area contributed by atoms with Gasteiger partial charge in [0.2, 0.25) is 0 Å². The standard InChI is InChI=1S/C10H10N2O2S2/c1-6-3-4-15-8(6)12(2)10-11-5-7(16-10)9(13)14/h3-5H,1-2H3,(H,13,14). The lowest BCUT2D eigenvalue weighted by atomic mass is 10.3. The van der Waals surface area contributed by atoms with Crippen LogP contribution in [0.2, 0.25) is 0 Å². The van der Waals surface area contributed by atoms with Crippen LogP contribution in [0.5, 0.6) is 0 Å². The van der Waals surface area contributed by atoms with Crippen molar-refractivity contribution in [3.8, 4) is 0 Å². The first-order valence-corrected chi connectivity index (χ1v) is 6.26. The summed E-state index contributed by atoms with van der Waals surface area (Å²) in [7, 11) is 1.89. The summed E-state index contributed by atoms with van der Waals surface area (Å²) in [5, 5.41) is 12.6. The third kappa shape index (κ3) is 1.94. The van der Waals surface area contributed by atoms with E-state index in [1.807, 2.05) is 30.3 Å². The maximum absolute atomic E-state index is 10.7. The number of hydrogen-bond donors (Lipinski definition) is 1. The molecule has 0 aliphatic carbocycles. The van der Waals surface area contributed by atoms with E-state index in [9.17, 15) is 4.79 Å². The number of thiophene rings is 1. The molecule has 0 fully saturated rings. The van der Waals surface area contributed by atoms with Gasteiger partial charge in [-0.15, -0.1) is 11.3 Å². The van der Waals surface area contributed by atoms with Crippen LogP contribution in [0, 0.1) is 6.92 Å². The van der Waals surface area contributed by atoms with Gasteiger partial charge in [-0.1, -0.05) is 11.3 Å². The number of hydrogen-bond acceptors (Lipinski definition) is 5.